The highest BCUT2D eigenvalue weighted by molar-refractivity contribution is 7.91. The van der Waals surface area contributed by atoms with Crippen LogP contribution in [0.4, 0.5) is 0 Å². The monoisotopic (exact) mass is 524 g/mol. The lowest BCUT2D eigenvalue weighted by Crippen LogP contribution is -2.24. The van der Waals surface area contributed by atoms with Crippen LogP contribution in [-0.2, 0) is 22.0 Å². The third kappa shape index (κ3) is 5.53. The Labute approximate surface area is 215 Å². The molecule has 1 aromatic carbocycles. The first-order valence-corrected chi connectivity index (χ1v) is 13.1. The molecular weight excluding hydrogens is 496 g/mol. The van der Waals surface area contributed by atoms with Gasteiger partial charge in [0.05, 0.1) is 26.6 Å². The maximum absolute atomic E-state index is 13.5. The highest BCUT2D eigenvalue weighted by Gasteiger charge is 2.29. The van der Waals surface area contributed by atoms with Crippen LogP contribution in [0.2, 0.25) is 0 Å². The van der Waals surface area contributed by atoms with E-state index < -0.39 is 20.8 Å². The van der Waals surface area contributed by atoms with Crippen molar-refractivity contribution < 1.29 is 22.6 Å². The molecule has 0 aliphatic carbocycles. The van der Waals surface area contributed by atoms with Crippen molar-refractivity contribution in [2.75, 3.05) is 21.3 Å². The average Bonchev–Trinajstić information content (AvgIpc) is 3.31. The second-order valence-electron chi connectivity index (χ2n) is 8.35. The molecule has 0 aliphatic rings. The Hall–Kier alpha value is -4.06. The molecule has 0 unspecified atom stereocenters. The molecule has 12 heteroatoms. The molecule has 0 amide bonds. The van der Waals surface area contributed by atoms with Crippen LogP contribution in [0.25, 0.3) is 17.2 Å². The number of sulfone groups is 1. The molecule has 11 nitrogen and oxygen atoms in total. The molecule has 0 N–H and O–H groups in total. The minimum atomic E-state index is -3.70. The number of nitrogens with zero attached hydrogens (tertiary/aromatic N) is 6. The standard InChI is InChI=1S/C25H28N6O5S/c1-16-13-26-21(27-14-16)12-17(2)37(32,33)15-22-29-30-25(18-8-6-11-23(28-18)36-5)31(22)24-19(34-3)9-7-10-20(24)35-4/h6-11,13-14,17H,12,15H2,1-5H3/t17-/m0/s1. The second kappa shape index (κ2) is 10.9. The molecule has 3 heterocycles. The summed E-state index contributed by atoms with van der Waals surface area (Å²) in [5, 5.41) is 7.83. The van der Waals surface area contributed by atoms with E-state index in [-0.39, 0.29) is 12.2 Å². The first-order chi connectivity index (χ1) is 17.8. The van der Waals surface area contributed by atoms with Gasteiger partial charge < -0.3 is 14.2 Å². The molecular formula is C25H28N6O5S. The summed E-state index contributed by atoms with van der Waals surface area (Å²) in [6.07, 6.45) is 3.50. The molecule has 1 atom stereocenters. The number of aromatic nitrogens is 6. The quantitative estimate of drug-likeness (QED) is 0.305. The van der Waals surface area contributed by atoms with E-state index in [1.54, 1.807) is 60.3 Å². The SMILES string of the molecule is COc1cccc(-c2nnc(CS(=O)(=O)[C@@H](C)Cc3ncc(C)cn3)n2-c2c(OC)cccc2OC)n1. The summed E-state index contributed by atoms with van der Waals surface area (Å²) in [6.45, 7) is 3.51. The molecule has 194 valence electrons. The summed E-state index contributed by atoms with van der Waals surface area (Å²) in [7, 11) is 0.848. The first-order valence-electron chi connectivity index (χ1n) is 11.4. The third-order valence-electron chi connectivity index (χ3n) is 5.77. The van der Waals surface area contributed by atoms with Crippen LogP contribution in [0, 0.1) is 6.92 Å². The Kier molecular flexibility index (Phi) is 7.67. The Morgan fingerprint density at radius 2 is 1.57 bits per heavy atom. The largest absolute Gasteiger partial charge is 0.494 e. The van der Waals surface area contributed by atoms with E-state index in [0.717, 1.165) is 5.56 Å². The Balaban J connectivity index is 1.82. The predicted molar refractivity (Wildman–Crippen MR) is 137 cm³/mol. The van der Waals surface area contributed by atoms with E-state index in [0.29, 0.717) is 40.4 Å². The van der Waals surface area contributed by atoms with Gasteiger partial charge in [-0.3, -0.25) is 4.57 Å². The van der Waals surface area contributed by atoms with Crippen molar-refractivity contribution >= 4 is 9.84 Å². The molecule has 0 radical (unpaired) electrons. The normalized spacial score (nSPS) is 12.2. The van der Waals surface area contributed by atoms with E-state index in [9.17, 15) is 8.42 Å². The number of hydrogen-bond acceptors (Lipinski definition) is 10. The Bertz CT molecular complexity index is 1470. The first kappa shape index (κ1) is 26.0. The van der Waals surface area contributed by atoms with E-state index in [1.807, 2.05) is 6.92 Å². The van der Waals surface area contributed by atoms with Crippen LogP contribution < -0.4 is 14.2 Å². The van der Waals surface area contributed by atoms with Crippen LogP contribution in [-0.4, -0.2) is 64.7 Å². The summed E-state index contributed by atoms with van der Waals surface area (Å²) in [5.41, 5.74) is 1.79. The van der Waals surface area contributed by atoms with Crippen LogP contribution in [0.5, 0.6) is 17.4 Å². The van der Waals surface area contributed by atoms with Gasteiger partial charge >= 0.3 is 0 Å². The van der Waals surface area contributed by atoms with Gasteiger partial charge in [0.1, 0.15) is 34.5 Å². The van der Waals surface area contributed by atoms with Gasteiger partial charge in [-0.05, 0) is 37.6 Å². The van der Waals surface area contributed by atoms with Gasteiger partial charge in [0.2, 0.25) is 5.88 Å². The lowest BCUT2D eigenvalue weighted by atomic mass is 10.2. The number of benzene rings is 1. The molecule has 0 aliphatic heterocycles. The maximum Gasteiger partial charge on any atom is 0.213 e. The second-order valence-corrected chi connectivity index (χ2v) is 10.8. The summed E-state index contributed by atoms with van der Waals surface area (Å²) in [5.74, 6) is 1.82. The lowest BCUT2D eigenvalue weighted by Gasteiger charge is -2.18. The van der Waals surface area contributed by atoms with E-state index in [4.69, 9.17) is 14.2 Å². The van der Waals surface area contributed by atoms with Crippen LogP contribution in [0.3, 0.4) is 0 Å². The summed E-state index contributed by atoms with van der Waals surface area (Å²) >= 11 is 0. The van der Waals surface area contributed by atoms with Crippen LogP contribution >= 0.6 is 0 Å². The lowest BCUT2D eigenvalue weighted by molar-refractivity contribution is 0.390. The van der Waals surface area contributed by atoms with Crippen molar-refractivity contribution in [3.63, 3.8) is 0 Å². The number of para-hydroxylation sites is 1. The molecule has 4 aromatic rings. The minimum absolute atomic E-state index is 0.166. The fourth-order valence-corrected chi connectivity index (χ4v) is 4.98. The van der Waals surface area contributed by atoms with Crippen molar-refractivity contribution in [3.8, 4) is 34.6 Å². The number of methoxy groups -OCH3 is 3. The summed E-state index contributed by atoms with van der Waals surface area (Å²) < 4.78 is 45.0. The van der Waals surface area contributed by atoms with Gasteiger partial charge in [-0.1, -0.05) is 12.1 Å². The van der Waals surface area contributed by atoms with Gasteiger partial charge in [0, 0.05) is 24.9 Å². The van der Waals surface area contributed by atoms with Crippen molar-refractivity contribution in [2.24, 2.45) is 0 Å². The zero-order chi connectivity index (χ0) is 26.6. The maximum atomic E-state index is 13.5. The average molecular weight is 525 g/mol. The Morgan fingerprint density at radius 3 is 2.19 bits per heavy atom. The zero-order valence-electron chi connectivity index (χ0n) is 21.2. The summed E-state index contributed by atoms with van der Waals surface area (Å²) in [4.78, 5) is 13.0. The zero-order valence-corrected chi connectivity index (χ0v) is 22.1. The van der Waals surface area contributed by atoms with Gasteiger partial charge in [-0.25, -0.2) is 23.4 Å². The van der Waals surface area contributed by atoms with Gasteiger partial charge in [0.25, 0.3) is 0 Å². The van der Waals surface area contributed by atoms with E-state index in [1.165, 1.54) is 21.3 Å². The molecule has 0 bridgehead atoms. The fraction of sp³-hybridized carbons (Fsp3) is 0.320. The number of hydrogen-bond donors (Lipinski definition) is 0. The smallest absolute Gasteiger partial charge is 0.213 e. The third-order valence-corrected chi connectivity index (χ3v) is 7.82. The van der Waals surface area contributed by atoms with E-state index in [2.05, 4.69) is 25.1 Å². The van der Waals surface area contributed by atoms with Crippen molar-refractivity contribution in [3.05, 3.63) is 66.0 Å². The minimum Gasteiger partial charge on any atom is -0.494 e. The van der Waals surface area contributed by atoms with Gasteiger partial charge in [0.15, 0.2) is 21.5 Å². The number of aryl methyl sites for hydroxylation is 1. The Morgan fingerprint density at radius 1 is 0.919 bits per heavy atom. The molecule has 4 rings (SSSR count). The van der Waals surface area contributed by atoms with Gasteiger partial charge in [-0.15, -0.1) is 10.2 Å². The van der Waals surface area contributed by atoms with Crippen molar-refractivity contribution in [1.82, 2.24) is 29.7 Å². The van der Waals surface area contributed by atoms with Crippen LogP contribution in [0.15, 0.2) is 48.8 Å². The van der Waals surface area contributed by atoms with Crippen molar-refractivity contribution in [1.29, 1.82) is 0 Å². The molecule has 37 heavy (non-hydrogen) atoms. The fourth-order valence-electron chi connectivity index (χ4n) is 3.75. The highest BCUT2D eigenvalue weighted by atomic mass is 32.2. The predicted octanol–water partition coefficient (Wildman–Crippen LogP) is 3.00. The van der Waals surface area contributed by atoms with Crippen LogP contribution in [0.1, 0.15) is 24.1 Å². The molecule has 0 saturated heterocycles. The number of ether oxygens (including phenoxy) is 3. The molecule has 3 aromatic heterocycles. The number of rotatable bonds is 10. The van der Waals surface area contributed by atoms with E-state index >= 15 is 0 Å². The topological polar surface area (TPSA) is 131 Å². The highest BCUT2D eigenvalue weighted by Crippen LogP contribution is 2.36. The molecule has 0 spiro atoms. The molecule has 0 fully saturated rings. The molecule has 0 saturated carbocycles. The van der Waals surface area contributed by atoms with Crippen molar-refractivity contribution in [2.45, 2.75) is 31.3 Å². The summed E-state index contributed by atoms with van der Waals surface area (Å²) in [6, 6.07) is 10.5. The number of pyridine rings is 1. The van der Waals surface area contributed by atoms with Gasteiger partial charge in [-0.2, -0.15) is 0 Å².